The molecule has 0 saturated heterocycles. The third-order valence-corrected chi connectivity index (χ3v) is 4.62. The highest BCUT2D eigenvalue weighted by molar-refractivity contribution is 8.14. The maximum Gasteiger partial charge on any atom is 0.206 e. The van der Waals surface area contributed by atoms with Crippen molar-refractivity contribution in [2.75, 3.05) is 24.6 Å². The fourth-order valence-electron chi connectivity index (χ4n) is 2.11. The summed E-state index contributed by atoms with van der Waals surface area (Å²) in [6.07, 6.45) is 0.793. The second-order valence-electron chi connectivity index (χ2n) is 4.32. The summed E-state index contributed by atoms with van der Waals surface area (Å²) in [6.45, 7) is 6.03. The lowest BCUT2D eigenvalue weighted by molar-refractivity contribution is -0.115. The second kappa shape index (κ2) is 9.45. The molecule has 1 rings (SSSR count). The van der Waals surface area contributed by atoms with Crippen molar-refractivity contribution in [2.24, 2.45) is 0 Å². The smallest absolute Gasteiger partial charge is 0.206 e. The highest BCUT2D eigenvalue weighted by Gasteiger charge is 2.24. The molecule has 1 unspecified atom stereocenters. The van der Waals surface area contributed by atoms with Crippen molar-refractivity contribution in [2.45, 2.75) is 26.3 Å². The van der Waals surface area contributed by atoms with Gasteiger partial charge in [-0.25, -0.2) is 0 Å². The van der Waals surface area contributed by atoms with Gasteiger partial charge in [0.25, 0.3) is 0 Å². The van der Waals surface area contributed by atoms with E-state index in [1.165, 1.54) is 17.3 Å². The molecule has 0 heterocycles. The van der Waals surface area contributed by atoms with Crippen LogP contribution in [0.1, 0.15) is 19.4 Å². The Morgan fingerprint density at radius 2 is 1.89 bits per heavy atom. The summed E-state index contributed by atoms with van der Waals surface area (Å²) in [5, 5.41) is 0.265. The van der Waals surface area contributed by atoms with Crippen LogP contribution in [-0.4, -0.2) is 40.7 Å². The molecular weight excluding hydrogens is 274 g/mol. The molecule has 4 heteroatoms. The number of benzene rings is 1. The van der Waals surface area contributed by atoms with E-state index in [0.29, 0.717) is 0 Å². The lowest BCUT2D eigenvalue weighted by Gasteiger charge is -2.28. The molecule has 0 N–H and O–H groups in total. The van der Waals surface area contributed by atoms with Gasteiger partial charge in [-0.3, -0.25) is 9.69 Å². The number of likely N-dealkylation sites (N-methyl/N-ethyl adjacent to an activating group) is 1. The van der Waals surface area contributed by atoms with Gasteiger partial charge in [-0.1, -0.05) is 55.9 Å². The van der Waals surface area contributed by atoms with E-state index in [1.807, 2.05) is 18.2 Å². The molecule has 0 aliphatic rings. The van der Waals surface area contributed by atoms with Gasteiger partial charge < -0.3 is 0 Å². The minimum Gasteiger partial charge on any atom is -0.293 e. The first kappa shape index (κ1) is 16.6. The average molecular weight is 297 g/mol. The molecule has 0 amide bonds. The van der Waals surface area contributed by atoms with Gasteiger partial charge in [-0.15, -0.1) is 0 Å². The molecular formula is C15H23NOS2. The van der Waals surface area contributed by atoms with E-state index in [1.54, 1.807) is 0 Å². The average Bonchev–Trinajstić information content (AvgIpc) is 2.46. The summed E-state index contributed by atoms with van der Waals surface area (Å²) in [5.74, 6) is 1.53. The van der Waals surface area contributed by atoms with Crippen molar-refractivity contribution < 1.29 is 4.79 Å². The van der Waals surface area contributed by atoms with Crippen molar-refractivity contribution in [1.82, 2.24) is 4.90 Å². The van der Waals surface area contributed by atoms with Gasteiger partial charge >= 0.3 is 0 Å². The quantitative estimate of drug-likeness (QED) is 0.745. The molecule has 0 fully saturated rings. The number of carbonyl (C=O) groups excluding carboxylic acids is 1. The molecule has 0 aromatic heterocycles. The number of carbonyl (C=O) groups is 1. The SMILES string of the molecule is CCN(CC)C(Cc1ccccc1)C(=O)SCCS. The highest BCUT2D eigenvalue weighted by atomic mass is 32.2. The lowest BCUT2D eigenvalue weighted by Crippen LogP contribution is -2.41. The molecule has 19 heavy (non-hydrogen) atoms. The van der Waals surface area contributed by atoms with Gasteiger partial charge in [-0.05, 0) is 30.8 Å². The van der Waals surface area contributed by atoms with Gasteiger partial charge in [0, 0.05) is 5.75 Å². The van der Waals surface area contributed by atoms with Gasteiger partial charge in [0.1, 0.15) is 0 Å². The van der Waals surface area contributed by atoms with Crippen molar-refractivity contribution in [3.05, 3.63) is 35.9 Å². The van der Waals surface area contributed by atoms with Crippen LogP contribution in [0.5, 0.6) is 0 Å². The van der Waals surface area contributed by atoms with E-state index in [0.717, 1.165) is 31.0 Å². The molecule has 0 saturated carbocycles. The van der Waals surface area contributed by atoms with Crippen molar-refractivity contribution in [3.63, 3.8) is 0 Å². The predicted molar refractivity (Wildman–Crippen MR) is 88.2 cm³/mol. The number of thioether (sulfide) groups is 1. The van der Waals surface area contributed by atoms with E-state index in [2.05, 4.69) is 43.5 Å². The molecule has 1 aromatic carbocycles. The second-order valence-corrected chi connectivity index (χ2v) is 5.86. The Labute approximate surface area is 126 Å². The van der Waals surface area contributed by atoms with Crippen LogP contribution in [0, 0.1) is 0 Å². The van der Waals surface area contributed by atoms with Crippen molar-refractivity contribution in [3.8, 4) is 0 Å². The molecule has 0 aliphatic carbocycles. The monoisotopic (exact) mass is 297 g/mol. The van der Waals surface area contributed by atoms with Gasteiger partial charge in [0.2, 0.25) is 5.12 Å². The number of hydrogen-bond acceptors (Lipinski definition) is 4. The molecule has 1 atom stereocenters. The van der Waals surface area contributed by atoms with Gasteiger partial charge in [0.15, 0.2) is 0 Å². The number of thiol groups is 1. The summed E-state index contributed by atoms with van der Waals surface area (Å²) < 4.78 is 0. The molecule has 0 radical (unpaired) electrons. The maximum atomic E-state index is 12.4. The number of rotatable bonds is 8. The first-order chi connectivity index (χ1) is 9.22. The molecule has 0 bridgehead atoms. The molecule has 1 aromatic rings. The topological polar surface area (TPSA) is 20.3 Å². The zero-order valence-corrected chi connectivity index (χ0v) is 13.4. The Balaban J connectivity index is 2.76. The van der Waals surface area contributed by atoms with Crippen molar-refractivity contribution >= 4 is 29.5 Å². The Bertz CT molecular complexity index is 366. The van der Waals surface area contributed by atoms with E-state index in [-0.39, 0.29) is 11.2 Å². The summed E-state index contributed by atoms with van der Waals surface area (Å²) in [6, 6.07) is 10.2. The normalized spacial score (nSPS) is 12.6. The minimum atomic E-state index is -0.0257. The van der Waals surface area contributed by atoms with Crippen LogP contribution in [0.4, 0.5) is 0 Å². The van der Waals surface area contributed by atoms with E-state index in [9.17, 15) is 4.79 Å². The first-order valence-corrected chi connectivity index (χ1v) is 8.40. The van der Waals surface area contributed by atoms with Gasteiger partial charge in [0.05, 0.1) is 6.04 Å². The summed E-state index contributed by atoms with van der Waals surface area (Å²) >= 11 is 5.58. The van der Waals surface area contributed by atoms with Crippen LogP contribution in [-0.2, 0) is 11.2 Å². The Morgan fingerprint density at radius 3 is 2.42 bits per heavy atom. The minimum absolute atomic E-state index is 0.0257. The van der Waals surface area contributed by atoms with Crippen LogP contribution >= 0.6 is 24.4 Å². The maximum absolute atomic E-state index is 12.4. The third kappa shape index (κ3) is 5.59. The van der Waals surface area contributed by atoms with E-state index < -0.39 is 0 Å². The Hall–Kier alpha value is -0.450. The summed E-state index contributed by atoms with van der Waals surface area (Å²) in [5.41, 5.74) is 1.22. The fourth-order valence-corrected chi connectivity index (χ4v) is 3.10. The molecule has 106 valence electrons. The lowest BCUT2D eigenvalue weighted by atomic mass is 10.1. The van der Waals surface area contributed by atoms with Crippen LogP contribution in [0.25, 0.3) is 0 Å². The molecule has 0 spiro atoms. The Kier molecular flexibility index (Phi) is 8.26. The first-order valence-electron chi connectivity index (χ1n) is 6.78. The van der Waals surface area contributed by atoms with E-state index in [4.69, 9.17) is 0 Å². The Morgan fingerprint density at radius 1 is 1.26 bits per heavy atom. The number of hydrogen-bond donors (Lipinski definition) is 1. The molecule has 0 aliphatic heterocycles. The summed E-state index contributed by atoms with van der Waals surface area (Å²) in [7, 11) is 0. The van der Waals surface area contributed by atoms with Crippen LogP contribution in [0.15, 0.2) is 30.3 Å². The summed E-state index contributed by atoms with van der Waals surface area (Å²) in [4.78, 5) is 14.6. The van der Waals surface area contributed by atoms with E-state index >= 15 is 0 Å². The molecule has 2 nitrogen and oxygen atoms in total. The largest absolute Gasteiger partial charge is 0.293 e. The highest BCUT2D eigenvalue weighted by Crippen LogP contribution is 2.16. The standard InChI is InChI=1S/C15H23NOS2/c1-3-16(4-2)14(15(17)19-11-10-18)12-13-8-6-5-7-9-13/h5-9,14,18H,3-4,10-12H2,1-2H3. The zero-order valence-electron chi connectivity index (χ0n) is 11.7. The van der Waals surface area contributed by atoms with Crippen LogP contribution < -0.4 is 0 Å². The van der Waals surface area contributed by atoms with Crippen LogP contribution in [0.2, 0.25) is 0 Å². The third-order valence-electron chi connectivity index (χ3n) is 3.13. The van der Waals surface area contributed by atoms with Crippen molar-refractivity contribution in [1.29, 1.82) is 0 Å². The predicted octanol–water partition coefficient (Wildman–Crippen LogP) is 3.13. The van der Waals surface area contributed by atoms with Crippen LogP contribution in [0.3, 0.4) is 0 Å². The van der Waals surface area contributed by atoms with Gasteiger partial charge in [-0.2, -0.15) is 12.6 Å². The fraction of sp³-hybridized carbons (Fsp3) is 0.533. The zero-order chi connectivity index (χ0) is 14.1. The number of nitrogens with zero attached hydrogens (tertiary/aromatic N) is 1.